The third-order valence-corrected chi connectivity index (χ3v) is 0.905. The number of hydrogen-bond acceptors (Lipinski definition) is 3. The second kappa shape index (κ2) is 4.15. The van der Waals surface area contributed by atoms with Crippen molar-refractivity contribution in [3.8, 4) is 0 Å². The van der Waals surface area contributed by atoms with Crippen molar-refractivity contribution in [2.75, 3.05) is 6.61 Å². The van der Waals surface area contributed by atoms with Gasteiger partial charge in [0, 0.05) is 12.0 Å². The van der Waals surface area contributed by atoms with E-state index in [1.165, 1.54) is 0 Å². The molecule has 0 bridgehead atoms. The molecular formula is C4H9NOS. The van der Waals surface area contributed by atoms with Crippen LogP contribution in [-0.4, -0.2) is 11.7 Å². The van der Waals surface area contributed by atoms with Crippen molar-refractivity contribution in [1.29, 1.82) is 5.41 Å². The second-order valence-corrected chi connectivity index (χ2v) is 2.06. The summed E-state index contributed by atoms with van der Waals surface area (Å²) in [6.45, 7) is 4.26. The molecule has 2 nitrogen and oxygen atoms in total. The van der Waals surface area contributed by atoms with Crippen LogP contribution in [0.25, 0.3) is 0 Å². The minimum Gasteiger partial charge on any atom is -0.310 e. The topological polar surface area (TPSA) is 33.1 Å². The highest BCUT2D eigenvalue weighted by molar-refractivity contribution is 8.09. The molecule has 0 amide bonds. The number of hydrogen-bond donors (Lipinski definition) is 1. The molecule has 0 aliphatic carbocycles. The summed E-state index contributed by atoms with van der Waals surface area (Å²) in [6, 6.07) is 0. The van der Waals surface area contributed by atoms with Gasteiger partial charge in [0.2, 0.25) is 0 Å². The highest BCUT2D eigenvalue weighted by Gasteiger charge is 1.83. The van der Waals surface area contributed by atoms with Crippen LogP contribution in [0.15, 0.2) is 0 Å². The third-order valence-electron chi connectivity index (χ3n) is 0.302. The molecule has 0 heterocycles. The molecule has 0 radical (unpaired) electrons. The molecule has 0 aliphatic rings. The van der Waals surface area contributed by atoms with Gasteiger partial charge in [0.15, 0.2) is 0 Å². The zero-order chi connectivity index (χ0) is 5.70. The molecule has 0 aliphatic heterocycles. The average Bonchev–Trinajstić information content (AvgIpc) is 1.61. The van der Waals surface area contributed by atoms with Crippen LogP contribution in [0.1, 0.15) is 13.8 Å². The van der Waals surface area contributed by atoms with Gasteiger partial charge in [-0.1, -0.05) is 0 Å². The molecule has 0 atom stereocenters. The molecule has 1 N–H and O–H groups in total. The first-order valence-electron chi connectivity index (χ1n) is 2.12. The van der Waals surface area contributed by atoms with E-state index in [4.69, 9.17) is 9.59 Å². The van der Waals surface area contributed by atoms with E-state index >= 15 is 0 Å². The van der Waals surface area contributed by atoms with Gasteiger partial charge in [-0.25, -0.2) is 0 Å². The van der Waals surface area contributed by atoms with Crippen LogP contribution >= 0.6 is 12.0 Å². The predicted octanol–water partition coefficient (Wildman–Crippen LogP) is 1.67. The lowest BCUT2D eigenvalue weighted by atomic mass is 10.9. The molecule has 0 aromatic rings. The quantitative estimate of drug-likeness (QED) is 0.341. The van der Waals surface area contributed by atoms with Crippen molar-refractivity contribution in [3.05, 3.63) is 0 Å². The first kappa shape index (κ1) is 6.98. The Morgan fingerprint density at radius 2 is 2.43 bits per heavy atom. The van der Waals surface area contributed by atoms with Crippen molar-refractivity contribution in [3.63, 3.8) is 0 Å². The smallest absolute Gasteiger partial charge is 0.0886 e. The van der Waals surface area contributed by atoms with E-state index < -0.39 is 0 Å². The summed E-state index contributed by atoms with van der Waals surface area (Å²) in [5, 5.41) is 7.34. The van der Waals surface area contributed by atoms with Gasteiger partial charge in [-0.3, -0.25) is 5.41 Å². The Morgan fingerprint density at radius 1 is 1.86 bits per heavy atom. The van der Waals surface area contributed by atoms with Crippen molar-refractivity contribution >= 4 is 17.1 Å². The number of rotatable bonds is 2. The largest absolute Gasteiger partial charge is 0.310 e. The van der Waals surface area contributed by atoms with E-state index in [2.05, 4.69) is 0 Å². The monoisotopic (exact) mass is 119 g/mol. The summed E-state index contributed by atoms with van der Waals surface area (Å²) in [6.07, 6.45) is 0. The Morgan fingerprint density at radius 3 is 2.57 bits per heavy atom. The summed E-state index contributed by atoms with van der Waals surface area (Å²) < 4.78 is 4.79. The summed E-state index contributed by atoms with van der Waals surface area (Å²) in [7, 11) is 0. The third kappa shape index (κ3) is 5.98. The van der Waals surface area contributed by atoms with Crippen molar-refractivity contribution < 1.29 is 4.18 Å². The lowest BCUT2D eigenvalue weighted by Gasteiger charge is -1.91. The molecule has 0 aromatic heterocycles. The van der Waals surface area contributed by atoms with Crippen LogP contribution in [-0.2, 0) is 4.18 Å². The minimum absolute atomic E-state index is 0.502. The zero-order valence-electron chi connectivity index (χ0n) is 4.52. The molecule has 0 spiro atoms. The molecule has 0 aromatic carbocycles. The first-order chi connectivity index (χ1) is 3.27. The molecule has 0 unspecified atom stereocenters. The minimum atomic E-state index is 0.502. The predicted molar refractivity (Wildman–Crippen MR) is 32.6 cm³/mol. The van der Waals surface area contributed by atoms with Gasteiger partial charge >= 0.3 is 0 Å². The molecule has 42 valence electrons. The van der Waals surface area contributed by atoms with Gasteiger partial charge < -0.3 is 4.18 Å². The molecule has 0 saturated carbocycles. The maximum atomic E-state index is 6.84. The Balaban J connectivity index is 2.82. The summed E-state index contributed by atoms with van der Waals surface area (Å²) in [4.78, 5) is 0. The Labute approximate surface area is 48.0 Å². The van der Waals surface area contributed by atoms with Crippen LogP contribution in [0.5, 0.6) is 0 Å². The van der Waals surface area contributed by atoms with E-state index in [9.17, 15) is 0 Å². The fourth-order valence-electron chi connectivity index (χ4n) is 0.147. The van der Waals surface area contributed by atoms with E-state index in [1.54, 1.807) is 6.92 Å². The van der Waals surface area contributed by atoms with Gasteiger partial charge in [0.05, 0.1) is 11.7 Å². The van der Waals surface area contributed by atoms with Gasteiger partial charge in [0.1, 0.15) is 0 Å². The van der Waals surface area contributed by atoms with Crippen molar-refractivity contribution in [1.82, 2.24) is 0 Å². The average molecular weight is 119 g/mol. The molecule has 0 fully saturated rings. The van der Waals surface area contributed by atoms with Crippen molar-refractivity contribution in [2.24, 2.45) is 0 Å². The summed E-state index contributed by atoms with van der Waals surface area (Å²) >= 11 is 1.11. The first-order valence-corrected chi connectivity index (χ1v) is 2.86. The van der Waals surface area contributed by atoms with E-state index in [-0.39, 0.29) is 0 Å². The van der Waals surface area contributed by atoms with E-state index in [1.807, 2.05) is 6.92 Å². The van der Waals surface area contributed by atoms with E-state index in [0.717, 1.165) is 12.0 Å². The second-order valence-electron chi connectivity index (χ2n) is 1.05. The maximum absolute atomic E-state index is 6.84. The maximum Gasteiger partial charge on any atom is 0.0886 e. The van der Waals surface area contributed by atoms with Crippen molar-refractivity contribution in [2.45, 2.75) is 13.8 Å². The SMILES string of the molecule is CCOSC(C)=N. The van der Waals surface area contributed by atoms with Crippen LogP contribution < -0.4 is 0 Å². The fourth-order valence-corrected chi connectivity index (χ4v) is 0.442. The van der Waals surface area contributed by atoms with Gasteiger partial charge in [-0.2, -0.15) is 0 Å². The van der Waals surface area contributed by atoms with E-state index in [0.29, 0.717) is 11.7 Å². The molecule has 0 rings (SSSR count). The summed E-state index contributed by atoms with van der Waals surface area (Å²) in [5.74, 6) is 0. The lowest BCUT2D eigenvalue weighted by Crippen LogP contribution is -1.82. The van der Waals surface area contributed by atoms with Crippen LogP contribution in [0, 0.1) is 5.41 Å². The lowest BCUT2D eigenvalue weighted by molar-refractivity contribution is 0.406. The Hall–Kier alpha value is -0.0200. The Bertz CT molecular complexity index is 64.7. The normalized spacial score (nSPS) is 8.86. The van der Waals surface area contributed by atoms with Crippen LogP contribution in [0.3, 0.4) is 0 Å². The fraction of sp³-hybridized carbons (Fsp3) is 0.750. The Kier molecular flexibility index (Phi) is 4.14. The molecule has 0 saturated heterocycles. The van der Waals surface area contributed by atoms with Gasteiger partial charge in [-0.05, 0) is 13.8 Å². The molecule has 3 heteroatoms. The molecule has 7 heavy (non-hydrogen) atoms. The summed E-state index contributed by atoms with van der Waals surface area (Å²) in [5.41, 5.74) is 0. The van der Waals surface area contributed by atoms with Gasteiger partial charge in [-0.15, -0.1) is 0 Å². The van der Waals surface area contributed by atoms with Gasteiger partial charge in [0.25, 0.3) is 0 Å². The van der Waals surface area contributed by atoms with Crippen LogP contribution in [0.4, 0.5) is 0 Å². The highest BCUT2D eigenvalue weighted by Crippen LogP contribution is 2.01. The zero-order valence-corrected chi connectivity index (χ0v) is 5.34. The number of nitrogens with one attached hydrogen (secondary N) is 1. The molecular weight excluding hydrogens is 110 g/mol. The van der Waals surface area contributed by atoms with Crippen LogP contribution in [0.2, 0.25) is 0 Å². The highest BCUT2D eigenvalue weighted by atomic mass is 32.2. The standard InChI is InChI=1S/C4H9NOS/c1-3-6-7-4(2)5/h5H,3H2,1-2H3.